The van der Waals surface area contributed by atoms with Gasteiger partial charge in [0.2, 0.25) is 5.91 Å². The average molecular weight is 268 g/mol. The third kappa shape index (κ3) is 4.67. The molecule has 6 heteroatoms. The molecule has 0 unspecified atom stereocenters. The molecule has 0 saturated carbocycles. The maximum atomic E-state index is 11.6. The number of ether oxygens (including phenoxy) is 1. The number of nitrogens with one attached hydrogen (secondary N) is 1. The lowest BCUT2D eigenvalue weighted by molar-refractivity contribution is -0.137. The van der Waals surface area contributed by atoms with Crippen molar-refractivity contribution in [1.82, 2.24) is 0 Å². The van der Waals surface area contributed by atoms with Crippen molar-refractivity contribution >= 4 is 35.0 Å². The van der Waals surface area contributed by atoms with Crippen LogP contribution in [-0.4, -0.2) is 30.5 Å². The fourth-order valence-electron chi connectivity index (χ4n) is 1.20. The molecular formula is C12H16N2O3S. The number of esters is 1. The SMILES string of the molecule is COC(=O)CSCC(=O)Nc1ccc(C)c(N)c1. The van der Waals surface area contributed by atoms with Crippen LogP contribution in [-0.2, 0) is 14.3 Å². The number of thioether (sulfide) groups is 1. The summed E-state index contributed by atoms with van der Waals surface area (Å²) in [7, 11) is 1.32. The zero-order valence-corrected chi connectivity index (χ0v) is 11.2. The van der Waals surface area contributed by atoms with Crippen LogP contribution in [0.3, 0.4) is 0 Å². The molecule has 0 aliphatic rings. The molecule has 1 aromatic carbocycles. The van der Waals surface area contributed by atoms with Crippen LogP contribution in [0.25, 0.3) is 0 Å². The molecule has 0 heterocycles. The number of benzene rings is 1. The number of anilines is 2. The number of hydrogen-bond donors (Lipinski definition) is 2. The highest BCUT2D eigenvalue weighted by Crippen LogP contribution is 2.17. The molecule has 98 valence electrons. The minimum Gasteiger partial charge on any atom is -0.468 e. The van der Waals surface area contributed by atoms with E-state index >= 15 is 0 Å². The molecule has 0 bridgehead atoms. The first-order valence-electron chi connectivity index (χ1n) is 5.33. The second-order valence-electron chi connectivity index (χ2n) is 3.69. The first-order valence-corrected chi connectivity index (χ1v) is 6.49. The third-order valence-corrected chi connectivity index (χ3v) is 3.15. The van der Waals surface area contributed by atoms with E-state index in [9.17, 15) is 9.59 Å². The molecule has 0 radical (unpaired) electrons. The number of amides is 1. The topological polar surface area (TPSA) is 81.4 Å². The Labute approximate surface area is 110 Å². The van der Waals surface area contributed by atoms with E-state index in [0.717, 1.165) is 5.56 Å². The Morgan fingerprint density at radius 2 is 2.11 bits per heavy atom. The minimum atomic E-state index is -0.340. The van der Waals surface area contributed by atoms with Gasteiger partial charge < -0.3 is 15.8 Å². The van der Waals surface area contributed by atoms with Gasteiger partial charge in [-0.3, -0.25) is 9.59 Å². The van der Waals surface area contributed by atoms with Gasteiger partial charge in [-0.15, -0.1) is 11.8 Å². The fraction of sp³-hybridized carbons (Fsp3) is 0.333. The lowest BCUT2D eigenvalue weighted by Gasteiger charge is -2.07. The summed E-state index contributed by atoms with van der Waals surface area (Å²) in [6.45, 7) is 1.90. The zero-order valence-electron chi connectivity index (χ0n) is 10.4. The van der Waals surface area contributed by atoms with Gasteiger partial charge in [0.05, 0.1) is 18.6 Å². The zero-order chi connectivity index (χ0) is 13.5. The molecule has 0 fully saturated rings. The highest BCUT2D eigenvalue weighted by molar-refractivity contribution is 8.00. The molecule has 0 atom stereocenters. The number of carbonyl (C=O) groups excluding carboxylic acids is 2. The predicted octanol–water partition coefficient (Wildman–Crippen LogP) is 1.42. The molecular weight excluding hydrogens is 252 g/mol. The van der Waals surface area contributed by atoms with Crippen molar-refractivity contribution in [2.24, 2.45) is 0 Å². The molecule has 0 aliphatic carbocycles. The van der Waals surface area contributed by atoms with Gasteiger partial charge in [-0.05, 0) is 24.6 Å². The molecule has 0 spiro atoms. The van der Waals surface area contributed by atoms with Gasteiger partial charge in [0.1, 0.15) is 0 Å². The summed E-state index contributed by atoms with van der Waals surface area (Å²) in [5, 5.41) is 2.71. The van der Waals surface area contributed by atoms with E-state index in [1.54, 1.807) is 12.1 Å². The van der Waals surface area contributed by atoms with Gasteiger partial charge >= 0.3 is 5.97 Å². The van der Waals surface area contributed by atoms with E-state index in [1.807, 2.05) is 13.0 Å². The van der Waals surface area contributed by atoms with Gasteiger partial charge in [-0.2, -0.15) is 0 Å². The van der Waals surface area contributed by atoms with Gasteiger partial charge in [-0.25, -0.2) is 0 Å². The highest BCUT2D eigenvalue weighted by Gasteiger charge is 2.06. The summed E-state index contributed by atoms with van der Waals surface area (Å²) in [4.78, 5) is 22.4. The van der Waals surface area contributed by atoms with Crippen molar-refractivity contribution in [3.8, 4) is 0 Å². The Morgan fingerprint density at radius 3 is 2.72 bits per heavy atom. The molecule has 0 saturated heterocycles. The van der Waals surface area contributed by atoms with Crippen molar-refractivity contribution in [2.75, 3.05) is 29.7 Å². The second kappa shape index (κ2) is 6.90. The normalized spacial score (nSPS) is 9.89. The average Bonchev–Trinajstić information content (AvgIpc) is 2.33. The van der Waals surface area contributed by atoms with Crippen LogP contribution in [0, 0.1) is 6.92 Å². The maximum Gasteiger partial charge on any atom is 0.315 e. The molecule has 0 aliphatic heterocycles. The van der Waals surface area contributed by atoms with Crippen molar-refractivity contribution in [1.29, 1.82) is 0 Å². The van der Waals surface area contributed by atoms with E-state index in [4.69, 9.17) is 5.73 Å². The van der Waals surface area contributed by atoms with E-state index < -0.39 is 0 Å². The number of methoxy groups -OCH3 is 1. The van der Waals surface area contributed by atoms with E-state index in [-0.39, 0.29) is 23.4 Å². The van der Waals surface area contributed by atoms with E-state index in [2.05, 4.69) is 10.1 Å². The van der Waals surface area contributed by atoms with Gasteiger partial charge in [0, 0.05) is 11.4 Å². The number of aryl methyl sites for hydroxylation is 1. The molecule has 1 aromatic rings. The fourth-order valence-corrected chi connectivity index (χ4v) is 1.85. The number of nitrogen functional groups attached to an aromatic ring is 1. The van der Waals surface area contributed by atoms with Crippen LogP contribution in [0.2, 0.25) is 0 Å². The molecule has 5 nitrogen and oxygen atoms in total. The Morgan fingerprint density at radius 1 is 1.39 bits per heavy atom. The Bertz CT molecular complexity index is 449. The number of nitrogens with two attached hydrogens (primary N) is 1. The Kier molecular flexibility index (Phi) is 5.51. The largest absolute Gasteiger partial charge is 0.468 e. The first kappa shape index (κ1) is 14.4. The quantitative estimate of drug-likeness (QED) is 0.623. The van der Waals surface area contributed by atoms with Crippen LogP contribution in [0.4, 0.5) is 11.4 Å². The Hall–Kier alpha value is -1.69. The summed E-state index contributed by atoms with van der Waals surface area (Å²) in [5.74, 6) is -0.150. The molecule has 1 rings (SSSR count). The third-order valence-electron chi connectivity index (χ3n) is 2.24. The Balaban J connectivity index is 2.40. The number of rotatable bonds is 5. The standard InChI is InChI=1S/C12H16N2O3S/c1-8-3-4-9(5-10(8)13)14-11(15)6-18-7-12(16)17-2/h3-5H,6-7,13H2,1-2H3,(H,14,15). The lowest BCUT2D eigenvalue weighted by atomic mass is 10.2. The summed E-state index contributed by atoms with van der Waals surface area (Å²) >= 11 is 1.20. The van der Waals surface area contributed by atoms with Crippen LogP contribution in [0.5, 0.6) is 0 Å². The van der Waals surface area contributed by atoms with Crippen molar-refractivity contribution in [3.63, 3.8) is 0 Å². The highest BCUT2D eigenvalue weighted by atomic mass is 32.2. The van der Waals surface area contributed by atoms with Crippen LogP contribution < -0.4 is 11.1 Å². The molecule has 18 heavy (non-hydrogen) atoms. The monoisotopic (exact) mass is 268 g/mol. The lowest BCUT2D eigenvalue weighted by Crippen LogP contribution is -2.16. The molecule has 3 N–H and O–H groups in total. The first-order chi connectivity index (χ1) is 8.52. The van der Waals surface area contributed by atoms with E-state index in [1.165, 1.54) is 18.9 Å². The second-order valence-corrected chi connectivity index (χ2v) is 4.67. The molecule has 1 amide bonds. The number of hydrogen-bond acceptors (Lipinski definition) is 5. The van der Waals surface area contributed by atoms with Crippen LogP contribution in [0.1, 0.15) is 5.56 Å². The van der Waals surface area contributed by atoms with Gasteiger partial charge in [0.25, 0.3) is 0 Å². The smallest absolute Gasteiger partial charge is 0.315 e. The summed E-state index contributed by atoms with van der Waals surface area (Å²) < 4.78 is 4.47. The summed E-state index contributed by atoms with van der Waals surface area (Å²) in [6, 6.07) is 5.33. The number of carbonyl (C=O) groups is 2. The van der Waals surface area contributed by atoms with Crippen molar-refractivity contribution in [2.45, 2.75) is 6.92 Å². The summed E-state index contributed by atoms with van der Waals surface area (Å²) in [6.07, 6.45) is 0. The van der Waals surface area contributed by atoms with Crippen LogP contribution >= 0.6 is 11.8 Å². The molecule has 0 aromatic heterocycles. The van der Waals surface area contributed by atoms with Gasteiger partial charge in [-0.1, -0.05) is 6.07 Å². The van der Waals surface area contributed by atoms with Crippen molar-refractivity contribution < 1.29 is 14.3 Å². The van der Waals surface area contributed by atoms with E-state index in [0.29, 0.717) is 11.4 Å². The van der Waals surface area contributed by atoms with Crippen LogP contribution in [0.15, 0.2) is 18.2 Å². The predicted molar refractivity (Wildman–Crippen MR) is 73.6 cm³/mol. The van der Waals surface area contributed by atoms with Gasteiger partial charge in [0.15, 0.2) is 0 Å². The summed E-state index contributed by atoms with van der Waals surface area (Å²) in [5.41, 5.74) is 7.99. The van der Waals surface area contributed by atoms with Crippen molar-refractivity contribution in [3.05, 3.63) is 23.8 Å². The minimum absolute atomic E-state index is 0.167. The maximum absolute atomic E-state index is 11.6.